The van der Waals surface area contributed by atoms with Gasteiger partial charge in [-0.3, -0.25) is 9.78 Å². The molecular weight excluding hydrogens is 147 g/mol. The lowest BCUT2D eigenvalue weighted by atomic mass is 10.5. The fourth-order valence-electron chi connectivity index (χ4n) is 0.860. The summed E-state index contributed by atoms with van der Waals surface area (Å²) in [5.74, 6) is 0.0783. The minimum absolute atomic E-state index is 0.0783. The van der Waals surface area contributed by atoms with Gasteiger partial charge in [-0.05, 0) is 0 Å². The van der Waals surface area contributed by atoms with Crippen LogP contribution in [0.4, 0.5) is 5.95 Å². The fraction of sp³-hybridized carbons (Fsp3) is 0. The molecule has 0 radical (unpaired) electrons. The van der Waals surface area contributed by atoms with E-state index in [1.165, 1.54) is 6.33 Å². The molecule has 0 atom stereocenters. The number of nitrogens with two attached hydrogens (primary N) is 1. The fourth-order valence-corrected chi connectivity index (χ4v) is 0.860. The van der Waals surface area contributed by atoms with Crippen LogP contribution in [0.1, 0.15) is 0 Å². The second-order valence-corrected chi connectivity index (χ2v) is 2.05. The molecule has 6 nitrogen and oxygen atoms in total. The summed E-state index contributed by atoms with van der Waals surface area (Å²) in [5, 5.41) is 0. The van der Waals surface area contributed by atoms with Crippen molar-refractivity contribution in [3.05, 3.63) is 16.7 Å². The lowest BCUT2D eigenvalue weighted by molar-refractivity contribution is 1.17. The van der Waals surface area contributed by atoms with Crippen molar-refractivity contribution in [1.29, 1.82) is 0 Å². The van der Waals surface area contributed by atoms with Gasteiger partial charge in [0.15, 0.2) is 11.2 Å². The molecule has 2 aromatic rings. The highest BCUT2D eigenvalue weighted by Crippen LogP contribution is 1.98. The van der Waals surface area contributed by atoms with E-state index in [1.807, 2.05) is 0 Å². The topological polar surface area (TPSA) is 100 Å². The van der Waals surface area contributed by atoms with E-state index in [0.717, 1.165) is 0 Å². The molecule has 2 heterocycles. The third kappa shape index (κ3) is 0.759. The number of hydrogen-bond donors (Lipinski definition) is 3. The van der Waals surface area contributed by atoms with E-state index in [2.05, 4.69) is 19.9 Å². The van der Waals surface area contributed by atoms with Crippen LogP contribution in [0, 0.1) is 0 Å². The lowest BCUT2D eigenvalue weighted by Gasteiger charge is -1.89. The van der Waals surface area contributed by atoms with Gasteiger partial charge in [0.25, 0.3) is 5.56 Å². The summed E-state index contributed by atoms with van der Waals surface area (Å²) >= 11 is 0. The first-order valence-corrected chi connectivity index (χ1v) is 2.96. The van der Waals surface area contributed by atoms with Crippen LogP contribution in [0.2, 0.25) is 0 Å². The summed E-state index contributed by atoms with van der Waals surface area (Å²) in [5.41, 5.74) is 5.65. The number of rotatable bonds is 0. The number of nitrogen functional groups attached to an aromatic ring is 1. The van der Waals surface area contributed by atoms with Crippen molar-refractivity contribution < 1.29 is 0 Å². The Morgan fingerprint density at radius 3 is 3.18 bits per heavy atom. The molecule has 0 aliphatic rings. The average molecular weight is 152 g/mol. The highest BCUT2D eigenvalue weighted by Gasteiger charge is 2.01. The molecule has 0 saturated heterocycles. The predicted octanol–water partition coefficient (Wildman–Crippen LogP) is -0.772. The minimum atomic E-state index is -0.301. The van der Waals surface area contributed by atoms with Crippen LogP contribution in [0.25, 0.3) is 11.2 Å². The normalized spacial score (nSPS) is 10.5. The lowest BCUT2D eigenvalue weighted by Crippen LogP contribution is -2.10. The maximum Gasteiger partial charge on any atom is 0.278 e. The van der Waals surface area contributed by atoms with Gasteiger partial charge in [-0.25, -0.2) is 4.98 Å². The molecule has 0 amide bonds. The zero-order chi connectivity index (χ0) is 7.84. The maximum atomic E-state index is 11.0. The molecule has 6 heteroatoms. The first kappa shape index (κ1) is 5.90. The summed E-state index contributed by atoms with van der Waals surface area (Å²) in [6.45, 7) is 0. The van der Waals surface area contributed by atoms with Crippen molar-refractivity contribution >= 4 is 17.1 Å². The van der Waals surface area contributed by atoms with Crippen LogP contribution in [-0.4, -0.2) is 19.9 Å². The zero-order valence-corrected chi connectivity index (χ0v) is 5.46. The van der Waals surface area contributed by atoms with Crippen LogP contribution in [0.15, 0.2) is 11.1 Å². The standard InChI is InChI=1S/C5H5N5O/c6-5-9-3-2(4(11)10-5)7-1-8-3/h1H,(H4,6,7,8,9,10,11)/i6+1. The first-order chi connectivity index (χ1) is 5.27. The van der Waals surface area contributed by atoms with E-state index < -0.39 is 0 Å². The molecule has 0 aromatic carbocycles. The van der Waals surface area contributed by atoms with Crippen LogP contribution in [-0.2, 0) is 0 Å². The van der Waals surface area contributed by atoms with Crippen molar-refractivity contribution in [2.24, 2.45) is 0 Å². The Kier molecular flexibility index (Phi) is 0.974. The second kappa shape index (κ2) is 1.82. The molecular formula is C5H5N5O. The molecule has 0 bridgehead atoms. The molecule has 4 N–H and O–H groups in total. The highest BCUT2D eigenvalue weighted by atomic mass is 16.1. The van der Waals surface area contributed by atoms with Gasteiger partial charge in [0.2, 0.25) is 5.95 Å². The smallest absolute Gasteiger partial charge is 0.278 e. The molecule has 11 heavy (non-hydrogen) atoms. The van der Waals surface area contributed by atoms with Gasteiger partial charge in [-0.1, -0.05) is 0 Å². The van der Waals surface area contributed by atoms with Crippen LogP contribution < -0.4 is 11.3 Å². The number of imidazole rings is 1. The van der Waals surface area contributed by atoms with Gasteiger partial charge in [-0.15, -0.1) is 0 Å². The van der Waals surface area contributed by atoms with Gasteiger partial charge in [0.05, 0.1) is 6.33 Å². The Balaban J connectivity index is 3.02. The number of hydrogen-bond acceptors (Lipinski definition) is 4. The Bertz CT molecular complexity index is 441. The average Bonchev–Trinajstić information content (AvgIpc) is 2.34. The number of aromatic amines is 2. The van der Waals surface area contributed by atoms with Crippen molar-refractivity contribution in [2.45, 2.75) is 0 Å². The van der Waals surface area contributed by atoms with E-state index in [0.29, 0.717) is 11.2 Å². The molecule has 56 valence electrons. The zero-order valence-electron chi connectivity index (χ0n) is 5.46. The van der Waals surface area contributed by atoms with Crippen LogP contribution in [0.3, 0.4) is 0 Å². The van der Waals surface area contributed by atoms with E-state index in [-0.39, 0.29) is 11.5 Å². The van der Waals surface area contributed by atoms with Crippen LogP contribution in [0.5, 0.6) is 0 Å². The quantitative estimate of drug-likeness (QED) is 0.431. The molecule has 0 aliphatic heterocycles. The van der Waals surface area contributed by atoms with Crippen molar-refractivity contribution in [3.63, 3.8) is 0 Å². The number of nitrogens with one attached hydrogen (secondary N) is 2. The first-order valence-electron chi connectivity index (χ1n) is 2.96. The molecule has 2 aromatic heterocycles. The van der Waals surface area contributed by atoms with Crippen molar-refractivity contribution in [1.82, 2.24) is 19.9 Å². The summed E-state index contributed by atoms with van der Waals surface area (Å²) in [6, 6.07) is 0. The van der Waals surface area contributed by atoms with E-state index in [4.69, 9.17) is 5.73 Å². The molecule has 0 saturated carbocycles. The van der Waals surface area contributed by atoms with Crippen molar-refractivity contribution in [2.75, 3.05) is 5.73 Å². The largest absolute Gasteiger partial charge is 0.369 e. The number of aromatic nitrogens is 4. The van der Waals surface area contributed by atoms with E-state index in [9.17, 15) is 4.79 Å². The summed E-state index contributed by atoms with van der Waals surface area (Å²) in [6.07, 6.45) is 1.40. The predicted molar refractivity (Wildman–Crippen MR) is 38.9 cm³/mol. The Morgan fingerprint density at radius 1 is 1.55 bits per heavy atom. The number of nitrogens with zero attached hydrogens (tertiary/aromatic N) is 2. The third-order valence-electron chi connectivity index (χ3n) is 1.31. The SMILES string of the molecule is [15NH2]c1nc2nc[nH]c2c(=O)[nH]1. The monoisotopic (exact) mass is 152 g/mol. The van der Waals surface area contributed by atoms with Crippen LogP contribution >= 0.6 is 0 Å². The Labute approximate surface area is 60.5 Å². The number of fused-ring (bicyclic) bond motifs is 1. The minimum Gasteiger partial charge on any atom is -0.369 e. The van der Waals surface area contributed by atoms with Gasteiger partial charge < -0.3 is 10.7 Å². The molecule has 0 fully saturated rings. The third-order valence-corrected chi connectivity index (χ3v) is 1.31. The summed E-state index contributed by atoms with van der Waals surface area (Å²) in [4.78, 5) is 23.5. The van der Waals surface area contributed by atoms with Gasteiger partial charge in [0.1, 0.15) is 0 Å². The molecule has 0 unspecified atom stereocenters. The Morgan fingerprint density at radius 2 is 2.36 bits per heavy atom. The van der Waals surface area contributed by atoms with Crippen molar-refractivity contribution in [3.8, 4) is 0 Å². The molecule has 0 aliphatic carbocycles. The maximum absolute atomic E-state index is 11.0. The summed E-state index contributed by atoms with van der Waals surface area (Å²) < 4.78 is 0. The Hall–Kier alpha value is -1.85. The highest BCUT2D eigenvalue weighted by molar-refractivity contribution is 5.69. The van der Waals surface area contributed by atoms with Gasteiger partial charge in [-0.2, -0.15) is 4.98 Å². The van der Waals surface area contributed by atoms with Gasteiger partial charge >= 0.3 is 0 Å². The second-order valence-electron chi connectivity index (χ2n) is 2.05. The van der Waals surface area contributed by atoms with E-state index >= 15 is 0 Å². The molecule has 2 rings (SSSR count). The van der Waals surface area contributed by atoms with Gasteiger partial charge in [0, 0.05) is 0 Å². The molecule has 0 spiro atoms. The summed E-state index contributed by atoms with van der Waals surface area (Å²) in [7, 11) is 0. The number of H-pyrrole nitrogens is 2. The van der Waals surface area contributed by atoms with E-state index in [1.54, 1.807) is 0 Å². The number of anilines is 1.